The second-order valence-electron chi connectivity index (χ2n) is 1.93. The first kappa shape index (κ1) is 7.37. The lowest BCUT2D eigenvalue weighted by Crippen LogP contribution is -1.90. The molecule has 0 radical (unpaired) electrons. The van der Waals surface area contributed by atoms with Crippen molar-refractivity contribution >= 4 is 11.1 Å². The summed E-state index contributed by atoms with van der Waals surface area (Å²) in [5.41, 5.74) is 0.849. The average Bonchev–Trinajstić information content (AvgIpc) is 1.88. The highest BCUT2D eigenvalue weighted by Gasteiger charge is 1.90. The maximum Gasteiger partial charge on any atom is 0.0434 e. The van der Waals surface area contributed by atoms with E-state index in [-0.39, 0.29) is 4.90 Å². The summed E-state index contributed by atoms with van der Waals surface area (Å²) in [5.74, 6) is 0. The van der Waals surface area contributed by atoms with Gasteiger partial charge in [-0.25, -0.2) is 0 Å². The molecule has 0 fully saturated rings. The van der Waals surface area contributed by atoms with Crippen molar-refractivity contribution in [3.05, 3.63) is 24.0 Å². The first-order chi connectivity index (χ1) is 4.70. The highest BCUT2D eigenvalue weighted by molar-refractivity contribution is 7.79. The molecule has 3 nitrogen and oxygen atoms in total. The van der Waals surface area contributed by atoms with Crippen LogP contribution >= 0.6 is 0 Å². The van der Waals surface area contributed by atoms with E-state index in [0.717, 1.165) is 5.56 Å². The molecule has 0 saturated heterocycles. The molecule has 54 valence electrons. The number of aromatic nitrogens is 1. The van der Waals surface area contributed by atoms with Crippen LogP contribution in [0.3, 0.4) is 0 Å². The van der Waals surface area contributed by atoms with Gasteiger partial charge in [-0.3, -0.25) is 9.19 Å². The first-order valence-electron chi connectivity index (χ1n) is 2.71. The first-order valence-corrected chi connectivity index (χ1v) is 3.78. The van der Waals surface area contributed by atoms with Gasteiger partial charge in [-0.15, -0.1) is 0 Å². The molecule has 1 rings (SSSR count). The molecule has 0 aliphatic carbocycles. The molecule has 0 aliphatic heterocycles. The van der Waals surface area contributed by atoms with Crippen LogP contribution in [-0.2, 0) is 11.1 Å². The molecule has 1 aromatic heterocycles. The highest BCUT2D eigenvalue weighted by Crippen LogP contribution is 2.03. The van der Waals surface area contributed by atoms with Crippen LogP contribution in [0.2, 0.25) is 0 Å². The number of pyridine rings is 1. The van der Waals surface area contributed by atoms with E-state index in [1.807, 2.05) is 0 Å². The summed E-state index contributed by atoms with van der Waals surface area (Å²) in [6, 6.07) is 1.57. The van der Waals surface area contributed by atoms with Crippen molar-refractivity contribution in [2.24, 2.45) is 0 Å². The summed E-state index contributed by atoms with van der Waals surface area (Å²) in [4.78, 5) is 3.95. The summed E-state index contributed by atoms with van der Waals surface area (Å²) in [7, 11) is 0. The monoisotopic (exact) mass is 156 g/mol. The molecular formula is C6H6NO2S-. The Hall–Kier alpha value is -0.740. The molecule has 1 unspecified atom stereocenters. The van der Waals surface area contributed by atoms with Crippen LogP contribution in [0.4, 0.5) is 0 Å². The molecule has 0 aliphatic rings. The van der Waals surface area contributed by atoms with Crippen molar-refractivity contribution in [2.45, 2.75) is 11.8 Å². The van der Waals surface area contributed by atoms with Gasteiger partial charge in [-0.2, -0.15) is 0 Å². The van der Waals surface area contributed by atoms with Crippen molar-refractivity contribution in [3.63, 3.8) is 0 Å². The molecule has 0 aromatic carbocycles. The second-order valence-corrected chi connectivity index (χ2v) is 2.87. The third-order valence-corrected chi connectivity index (χ3v) is 1.65. The van der Waals surface area contributed by atoms with Gasteiger partial charge < -0.3 is 4.55 Å². The third kappa shape index (κ3) is 1.62. The van der Waals surface area contributed by atoms with Gasteiger partial charge in [0.05, 0.1) is 0 Å². The van der Waals surface area contributed by atoms with Gasteiger partial charge in [-0.05, 0) is 29.6 Å². The lowest BCUT2D eigenvalue weighted by atomic mass is 10.3. The van der Waals surface area contributed by atoms with Gasteiger partial charge in [0.15, 0.2) is 0 Å². The van der Waals surface area contributed by atoms with E-state index in [2.05, 4.69) is 4.98 Å². The predicted octanol–water partition coefficient (Wildman–Crippen LogP) is 0.628. The van der Waals surface area contributed by atoms with Crippen LogP contribution in [-0.4, -0.2) is 13.7 Å². The Labute approximate surface area is 61.4 Å². The average molecular weight is 156 g/mol. The van der Waals surface area contributed by atoms with Crippen molar-refractivity contribution in [1.29, 1.82) is 0 Å². The summed E-state index contributed by atoms with van der Waals surface area (Å²) in [5, 5.41) is 0. The number of aryl methyl sites for hydroxylation is 1. The Bertz CT molecular complexity index is 262. The maximum atomic E-state index is 10.3. The lowest BCUT2D eigenvalue weighted by molar-refractivity contribution is 0.536. The molecule has 1 heterocycles. The van der Waals surface area contributed by atoms with Crippen LogP contribution in [0.1, 0.15) is 5.56 Å². The predicted molar refractivity (Wildman–Crippen MR) is 36.2 cm³/mol. The molecule has 0 saturated carbocycles. The zero-order chi connectivity index (χ0) is 7.56. The molecular weight excluding hydrogens is 150 g/mol. The Morgan fingerprint density at radius 1 is 1.60 bits per heavy atom. The van der Waals surface area contributed by atoms with Gasteiger partial charge in [0.2, 0.25) is 0 Å². The number of hydrogen-bond acceptors (Lipinski definition) is 3. The van der Waals surface area contributed by atoms with Crippen molar-refractivity contribution in [2.75, 3.05) is 0 Å². The topological polar surface area (TPSA) is 53.0 Å². The summed E-state index contributed by atoms with van der Waals surface area (Å²) in [6.45, 7) is 1.80. The summed E-state index contributed by atoms with van der Waals surface area (Å²) >= 11 is -2.15. The largest absolute Gasteiger partial charge is 0.768 e. The van der Waals surface area contributed by atoms with Gasteiger partial charge in [0.1, 0.15) is 0 Å². The Balaban J connectivity index is 3.07. The van der Waals surface area contributed by atoms with Crippen LogP contribution in [0.15, 0.2) is 23.4 Å². The standard InChI is InChI=1S/C6H7NO2S/c1-5-2-6(10(8)9)4-7-3-5/h2-4H,1H3,(H,8,9)/p-1. The fraction of sp³-hybridized carbons (Fsp3) is 0.167. The minimum atomic E-state index is -2.15. The number of rotatable bonds is 1. The van der Waals surface area contributed by atoms with E-state index in [4.69, 9.17) is 0 Å². The van der Waals surface area contributed by atoms with Crippen molar-refractivity contribution in [1.82, 2.24) is 4.98 Å². The van der Waals surface area contributed by atoms with E-state index in [1.54, 1.807) is 19.2 Å². The zero-order valence-corrected chi connectivity index (χ0v) is 6.22. The highest BCUT2D eigenvalue weighted by atomic mass is 32.2. The zero-order valence-electron chi connectivity index (χ0n) is 5.40. The van der Waals surface area contributed by atoms with E-state index in [9.17, 15) is 8.76 Å². The molecule has 0 N–H and O–H groups in total. The molecule has 0 spiro atoms. The van der Waals surface area contributed by atoms with Gasteiger partial charge in [0.25, 0.3) is 0 Å². The van der Waals surface area contributed by atoms with Gasteiger partial charge in [-0.1, -0.05) is 0 Å². The van der Waals surface area contributed by atoms with Crippen molar-refractivity contribution < 1.29 is 8.76 Å². The maximum absolute atomic E-state index is 10.3. The molecule has 4 heteroatoms. The Morgan fingerprint density at radius 3 is 2.70 bits per heavy atom. The molecule has 10 heavy (non-hydrogen) atoms. The number of nitrogens with zero attached hydrogens (tertiary/aromatic N) is 1. The van der Waals surface area contributed by atoms with Gasteiger partial charge >= 0.3 is 0 Å². The fourth-order valence-electron chi connectivity index (χ4n) is 0.618. The van der Waals surface area contributed by atoms with E-state index in [1.165, 1.54) is 6.20 Å². The van der Waals surface area contributed by atoms with E-state index in [0.29, 0.717) is 0 Å². The lowest BCUT2D eigenvalue weighted by Gasteiger charge is -2.03. The fourth-order valence-corrected chi connectivity index (χ4v) is 1.05. The SMILES string of the molecule is Cc1cncc(S(=O)[O-])c1. The normalized spacial score (nSPS) is 13.0. The molecule has 0 amide bonds. The molecule has 1 aromatic rings. The van der Waals surface area contributed by atoms with Crippen molar-refractivity contribution in [3.8, 4) is 0 Å². The third-order valence-electron chi connectivity index (χ3n) is 1.04. The summed E-state index contributed by atoms with van der Waals surface area (Å²) < 4.78 is 20.6. The molecule has 1 atom stereocenters. The Morgan fingerprint density at radius 2 is 2.30 bits per heavy atom. The second kappa shape index (κ2) is 2.90. The van der Waals surface area contributed by atoms with Crippen LogP contribution < -0.4 is 0 Å². The minimum Gasteiger partial charge on any atom is -0.768 e. The quantitative estimate of drug-likeness (QED) is 0.560. The summed E-state index contributed by atoms with van der Waals surface area (Å²) in [6.07, 6.45) is 2.92. The minimum absolute atomic E-state index is 0.236. The smallest absolute Gasteiger partial charge is 0.0434 e. The van der Waals surface area contributed by atoms with Gasteiger partial charge in [0, 0.05) is 17.3 Å². The Kier molecular flexibility index (Phi) is 2.13. The van der Waals surface area contributed by atoms with Crippen LogP contribution in [0.5, 0.6) is 0 Å². The van der Waals surface area contributed by atoms with E-state index >= 15 is 0 Å². The van der Waals surface area contributed by atoms with Crippen LogP contribution in [0, 0.1) is 6.92 Å². The molecule has 0 bridgehead atoms. The number of hydrogen-bond donors (Lipinski definition) is 0. The van der Waals surface area contributed by atoms with E-state index < -0.39 is 11.1 Å². The van der Waals surface area contributed by atoms with Crippen LogP contribution in [0.25, 0.3) is 0 Å².